The molecule has 8 heteroatoms. The first-order valence-electron chi connectivity index (χ1n) is 7.25. The van der Waals surface area contributed by atoms with Crippen molar-refractivity contribution >= 4 is 21.8 Å². The molecule has 1 aliphatic carbocycles. The summed E-state index contributed by atoms with van der Waals surface area (Å²) in [5.74, 6) is -1.46. The number of sulfonamides is 1. The molecule has 0 spiro atoms. The summed E-state index contributed by atoms with van der Waals surface area (Å²) in [5, 5.41) is 0. The Morgan fingerprint density at radius 3 is 2.57 bits per heavy atom. The average molecular weight is 343 g/mol. The third-order valence-electron chi connectivity index (χ3n) is 3.65. The Hall–Kier alpha value is -1.80. The molecule has 0 amide bonds. The van der Waals surface area contributed by atoms with Crippen LogP contribution in [-0.2, 0) is 24.3 Å². The van der Waals surface area contributed by atoms with Gasteiger partial charge in [0.15, 0.2) is 11.9 Å². The minimum absolute atomic E-state index is 0.122. The molecule has 23 heavy (non-hydrogen) atoms. The molecule has 0 aromatic heterocycles. The number of carbonyl (C=O) groups excluding carboxylic acids is 2. The van der Waals surface area contributed by atoms with E-state index in [0.29, 0.717) is 12.8 Å². The molecule has 1 aromatic rings. The lowest BCUT2D eigenvalue weighted by Crippen LogP contribution is -2.37. The Kier molecular flexibility index (Phi) is 5.48. The number of ketones is 1. The third-order valence-corrected chi connectivity index (χ3v) is 5.46. The second-order valence-electron chi connectivity index (χ2n) is 5.41. The summed E-state index contributed by atoms with van der Waals surface area (Å²) in [4.78, 5) is 23.4. The van der Waals surface area contributed by atoms with Crippen LogP contribution in [0.3, 0.4) is 0 Å². The number of likely N-dealkylation sites (N-methyl/N-ethyl adjacent to an activating group) is 1. The van der Waals surface area contributed by atoms with Crippen molar-refractivity contribution in [3.05, 3.63) is 30.1 Å². The lowest BCUT2D eigenvalue weighted by molar-refractivity contribution is -0.156. The molecule has 0 bridgehead atoms. The first kappa shape index (κ1) is 17.6. The molecule has 6 nitrogen and oxygen atoms in total. The molecular weight excluding hydrogens is 325 g/mol. The molecular formula is C15H18FNO5S. The van der Waals surface area contributed by atoms with Gasteiger partial charge < -0.3 is 4.74 Å². The molecule has 1 atom stereocenters. The smallest absolute Gasteiger partial charge is 0.322 e. The largest absolute Gasteiger partial charge is 0.453 e. The topological polar surface area (TPSA) is 80.8 Å². The molecule has 1 fully saturated rings. The van der Waals surface area contributed by atoms with Crippen LogP contribution in [0, 0.1) is 5.82 Å². The van der Waals surface area contributed by atoms with E-state index in [0.717, 1.165) is 41.4 Å². The van der Waals surface area contributed by atoms with Crippen molar-refractivity contribution in [3.8, 4) is 0 Å². The van der Waals surface area contributed by atoms with E-state index in [1.165, 1.54) is 7.05 Å². The van der Waals surface area contributed by atoms with Gasteiger partial charge in [-0.3, -0.25) is 9.59 Å². The third kappa shape index (κ3) is 4.35. The molecule has 126 valence electrons. The SMILES string of the molecule is CN(CC(=O)O[C@@H]1CCCCC1=O)S(=O)(=O)c1ccc(F)cc1. The van der Waals surface area contributed by atoms with Crippen LogP contribution in [0.15, 0.2) is 29.2 Å². The molecule has 0 aliphatic heterocycles. The zero-order chi connectivity index (χ0) is 17.0. The maximum absolute atomic E-state index is 12.9. The molecule has 0 N–H and O–H groups in total. The maximum Gasteiger partial charge on any atom is 0.322 e. The van der Waals surface area contributed by atoms with E-state index in [4.69, 9.17) is 4.74 Å². The van der Waals surface area contributed by atoms with Gasteiger partial charge >= 0.3 is 5.97 Å². The Bertz CT molecular complexity index is 686. The highest BCUT2D eigenvalue weighted by atomic mass is 32.2. The van der Waals surface area contributed by atoms with Crippen molar-refractivity contribution in [3.63, 3.8) is 0 Å². The van der Waals surface area contributed by atoms with Crippen LogP contribution in [-0.4, -0.2) is 44.2 Å². The number of halogens is 1. The molecule has 0 radical (unpaired) electrons. The molecule has 1 saturated carbocycles. The highest BCUT2D eigenvalue weighted by Gasteiger charge is 2.28. The quantitative estimate of drug-likeness (QED) is 0.757. The second-order valence-corrected chi connectivity index (χ2v) is 7.45. The molecule has 2 rings (SSSR count). The number of benzene rings is 1. The van der Waals surface area contributed by atoms with Crippen LogP contribution in [0.25, 0.3) is 0 Å². The van der Waals surface area contributed by atoms with Crippen molar-refractivity contribution in [2.24, 2.45) is 0 Å². The highest BCUT2D eigenvalue weighted by molar-refractivity contribution is 7.89. The van der Waals surface area contributed by atoms with Crippen molar-refractivity contribution < 1.29 is 27.1 Å². The first-order valence-corrected chi connectivity index (χ1v) is 8.69. The zero-order valence-corrected chi connectivity index (χ0v) is 13.5. The van der Waals surface area contributed by atoms with Crippen molar-refractivity contribution in [1.82, 2.24) is 4.31 Å². The zero-order valence-electron chi connectivity index (χ0n) is 12.7. The number of hydrogen-bond acceptors (Lipinski definition) is 5. The Labute approximate surface area is 134 Å². The summed E-state index contributed by atoms with van der Waals surface area (Å²) in [5.41, 5.74) is 0. The first-order chi connectivity index (χ1) is 10.8. The summed E-state index contributed by atoms with van der Waals surface area (Å²) in [6, 6.07) is 4.30. The second kappa shape index (κ2) is 7.18. The van der Waals surface area contributed by atoms with Crippen LogP contribution in [0.5, 0.6) is 0 Å². The predicted octanol–water partition coefficient (Wildman–Crippen LogP) is 1.50. The monoisotopic (exact) mass is 343 g/mol. The van der Waals surface area contributed by atoms with Crippen LogP contribution in [0.4, 0.5) is 4.39 Å². The van der Waals surface area contributed by atoms with E-state index in [1.807, 2.05) is 0 Å². The molecule has 0 heterocycles. The number of esters is 1. The number of rotatable bonds is 5. The van der Waals surface area contributed by atoms with Crippen LogP contribution in [0.2, 0.25) is 0 Å². The molecule has 0 unspecified atom stereocenters. The fourth-order valence-electron chi connectivity index (χ4n) is 2.32. The van der Waals surface area contributed by atoms with Gasteiger partial charge in [-0.25, -0.2) is 12.8 Å². The van der Waals surface area contributed by atoms with Gasteiger partial charge in [0.1, 0.15) is 12.4 Å². The summed E-state index contributed by atoms with van der Waals surface area (Å²) in [6.07, 6.45) is 1.65. The summed E-state index contributed by atoms with van der Waals surface area (Å²) in [7, 11) is -2.70. The van der Waals surface area contributed by atoms with E-state index in [9.17, 15) is 22.4 Å². The lowest BCUT2D eigenvalue weighted by atomic mass is 9.96. The van der Waals surface area contributed by atoms with Crippen LogP contribution < -0.4 is 0 Å². The number of nitrogens with zero attached hydrogens (tertiary/aromatic N) is 1. The fourth-order valence-corrected chi connectivity index (χ4v) is 3.44. The van der Waals surface area contributed by atoms with E-state index < -0.39 is 34.5 Å². The van der Waals surface area contributed by atoms with E-state index in [1.54, 1.807) is 0 Å². The van der Waals surface area contributed by atoms with Gasteiger partial charge in [-0.2, -0.15) is 4.31 Å². The van der Waals surface area contributed by atoms with Crippen molar-refractivity contribution in [1.29, 1.82) is 0 Å². The standard InChI is InChI=1S/C15H18FNO5S/c1-17(23(20,21)12-8-6-11(16)7-9-12)10-15(19)22-14-5-3-2-4-13(14)18/h6-9,14H,2-5,10H2,1H3/t14-/m1/s1. The normalized spacial score (nSPS) is 18.9. The van der Waals surface area contributed by atoms with Crippen LogP contribution in [0.1, 0.15) is 25.7 Å². The minimum atomic E-state index is -3.92. The number of hydrogen-bond donors (Lipinski definition) is 0. The van der Waals surface area contributed by atoms with Gasteiger partial charge in [0.25, 0.3) is 0 Å². The van der Waals surface area contributed by atoms with Crippen molar-refractivity contribution in [2.45, 2.75) is 36.7 Å². The highest BCUT2D eigenvalue weighted by Crippen LogP contribution is 2.18. The maximum atomic E-state index is 12.9. The summed E-state index contributed by atoms with van der Waals surface area (Å²) >= 11 is 0. The molecule has 0 saturated heterocycles. The van der Waals surface area contributed by atoms with Gasteiger partial charge in [0.05, 0.1) is 4.90 Å². The van der Waals surface area contributed by atoms with Gasteiger partial charge in [-0.05, 0) is 43.5 Å². The van der Waals surface area contributed by atoms with Gasteiger partial charge in [0.2, 0.25) is 10.0 Å². The Morgan fingerprint density at radius 1 is 1.30 bits per heavy atom. The van der Waals surface area contributed by atoms with E-state index in [2.05, 4.69) is 0 Å². The lowest BCUT2D eigenvalue weighted by Gasteiger charge is -2.22. The van der Waals surface area contributed by atoms with Crippen LogP contribution >= 0.6 is 0 Å². The Morgan fingerprint density at radius 2 is 1.96 bits per heavy atom. The van der Waals surface area contributed by atoms with E-state index >= 15 is 0 Å². The number of ether oxygens (including phenoxy) is 1. The average Bonchev–Trinajstić information content (AvgIpc) is 2.50. The van der Waals surface area contributed by atoms with E-state index in [-0.39, 0.29) is 10.7 Å². The summed E-state index contributed by atoms with van der Waals surface area (Å²) in [6.45, 7) is -0.510. The van der Waals surface area contributed by atoms with Gasteiger partial charge in [0, 0.05) is 13.5 Å². The predicted molar refractivity (Wildman–Crippen MR) is 79.6 cm³/mol. The molecule has 1 aliphatic rings. The summed E-state index contributed by atoms with van der Waals surface area (Å²) < 4.78 is 43.3. The number of carbonyl (C=O) groups is 2. The van der Waals surface area contributed by atoms with Gasteiger partial charge in [-0.1, -0.05) is 0 Å². The van der Waals surface area contributed by atoms with Gasteiger partial charge in [-0.15, -0.1) is 0 Å². The fraction of sp³-hybridized carbons (Fsp3) is 0.467. The Balaban J connectivity index is 1.99. The number of Topliss-reactive ketones (excluding diaryl/α,β-unsaturated/α-hetero) is 1. The van der Waals surface area contributed by atoms with Crippen molar-refractivity contribution in [2.75, 3.05) is 13.6 Å². The minimum Gasteiger partial charge on any atom is -0.453 e. The molecule has 1 aromatic carbocycles.